The highest BCUT2D eigenvalue weighted by Gasteiger charge is 2.24. The number of likely N-dealkylation sites (N-methyl/N-ethyl adjacent to an activating group) is 1. The minimum atomic E-state index is -0.351. The number of allylic oxidation sites excluding steroid dienone is 1. The highest BCUT2D eigenvalue weighted by Crippen LogP contribution is 2.36. The molecule has 1 amide bonds. The summed E-state index contributed by atoms with van der Waals surface area (Å²) in [5.74, 6) is 1.48. The Kier molecular flexibility index (Phi) is 18.8. The van der Waals surface area contributed by atoms with Crippen molar-refractivity contribution >= 4 is 35.2 Å². The number of rotatable bonds is 11. The van der Waals surface area contributed by atoms with Crippen LogP contribution in [0.5, 0.6) is 11.5 Å². The van der Waals surface area contributed by atoms with Crippen molar-refractivity contribution in [1.82, 2.24) is 5.32 Å². The molecule has 1 aliphatic carbocycles. The van der Waals surface area contributed by atoms with Crippen LogP contribution in [0, 0.1) is 12.8 Å². The molecule has 9 heteroatoms. The van der Waals surface area contributed by atoms with Crippen LogP contribution < -0.4 is 19.7 Å². The van der Waals surface area contributed by atoms with Crippen LogP contribution in [0.25, 0.3) is 0 Å². The van der Waals surface area contributed by atoms with Gasteiger partial charge in [-0.3, -0.25) is 14.6 Å². The summed E-state index contributed by atoms with van der Waals surface area (Å²) in [5, 5.41) is 2.81. The van der Waals surface area contributed by atoms with Gasteiger partial charge < -0.3 is 24.4 Å². The van der Waals surface area contributed by atoms with Crippen molar-refractivity contribution in [1.29, 1.82) is 0 Å². The quantitative estimate of drug-likeness (QED) is 0.102. The number of ether oxygens (including phenoxy) is 3. The standard InChI is InChI=1S/C25H35N3O5S.C2H6.C2H2/c1-26-22(12-9-13-24(30)33-5)27-23(29)17-34-25(18-10-7-6-8-11-18)28(2)19-14-15-20(31-3)21(16-19)32-4;2*1-2/h9-10,12,14-16,25H,6-8,11,13,17H2,1-5H3,(H,26,27,29);1-2H3;1-2H/b12-9-;;. The maximum atomic E-state index is 12.7. The van der Waals surface area contributed by atoms with Crippen molar-refractivity contribution in [3.8, 4) is 24.3 Å². The first kappa shape index (κ1) is 34.6. The molecule has 1 aliphatic rings. The molecule has 0 aromatic heterocycles. The molecule has 1 unspecified atom stereocenters. The maximum absolute atomic E-state index is 12.7. The first-order chi connectivity index (χ1) is 18.4. The van der Waals surface area contributed by atoms with E-state index in [1.165, 1.54) is 19.1 Å². The summed E-state index contributed by atoms with van der Waals surface area (Å²) in [6.07, 6.45) is 18.0. The molecule has 0 radical (unpaired) electrons. The molecule has 0 saturated heterocycles. The fourth-order valence-electron chi connectivity index (χ4n) is 3.59. The molecular weight excluding hydrogens is 502 g/mol. The number of thioether (sulfide) groups is 1. The zero-order valence-electron chi connectivity index (χ0n) is 23.8. The molecule has 8 nitrogen and oxygen atoms in total. The van der Waals surface area contributed by atoms with Gasteiger partial charge in [-0.2, -0.15) is 0 Å². The third-order valence-corrected chi connectivity index (χ3v) is 6.80. The lowest BCUT2D eigenvalue weighted by atomic mass is 9.99. The Morgan fingerprint density at radius 3 is 2.39 bits per heavy atom. The highest BCUT2D eigenvalue weighted by atomic mass is 32.2. The van der Waals surface area contributed by atoms with E-state index in [9.17, 15) is 9.59 Å². The van der Waals surface area contributed by atoms with Gasteiger partial charge in [0.2, 0.25) is 5.91 Å². The summed E-state index contributed by atoms with van der Waals surface area (Å²) in [7, 11) is 8.19. The fraction of sp³-hybridized carbons (Fsp3) is 0.483. The monoisotopic (exact) mass is 545 g/mol. The smallest absolute Gasteiger partial charge is 0.309 e. The Morgan fingerprint density at radius 1 is 1.16 bits per heavy atom. The van der Waals surface area contributed by atoms with Crippen molar-refractivity contribution < 1.29 is 23.8 Å². The van der Waals surface area contributed by atoms with Gasteiger partial charge in [0.1, 0.15) is 5.84 Å². The number of nitrogens with zero attached hydrogens (tertiary/aromatic N) is 2. The van der Waals surface area contributed by atoms with Crippen LogP contribution in [-0.2, 0) is 14.3 Å². The SMILES string of the molecule is C#C.CC.CN=C(/C=C\CC(=O)OC)NC(=O)CSC(C1=CCCCC1)N(C)c1ccc(OC)c(OC)c1. The molecule has 1 aromatic carbocycles. The Morgan fingerprint density at radius 2 is 1.84 bits per heavy atom. The molecular formula is C29H43N3O5S. The van der Waals surface area contributed by atoms with Gasteiger partial charge in [-0.25, -0.2) is 0 Å². The lowest BCUT2D eigenvalue weighted by Crippen LogP contribution is -2.35. The molecule has 0 aliphatic heterocycles. The second kappa shape index (κ2) is 20.7. The van der Waals surface area contributed by atoms with Crippen LogP contribution in [-0.4, -0.2) is 64.3 Å². The van der Waals surface area contributed by atoms with E-state index in [2.05, 4.69) is 38.9 Å². The number of esters is 1. The number of nitrogens with one attached hydrogen (secondary N) is 1. The van der Waals surface area contributed by atoms with Crippen molar-refractivity contribution in [2.45, 2.75) is 51.3 Å². The summed E-state index contributed by atoms with van der Waals surface area (Å²) in [5.41, 5.74) is 2.30. The zero-order chi connectivity index (χ0) is 28.9. The Bertz CT molecular complexity index is 972. The number of terminal acetylenes is 1. The molecule has 0 heterocycles. The molecule has 0 fully saturated rings. The van der Waals surface area contributed by atoms with Gasteiger partial charge in [0.25, 0.3) is 0 Å². The van der Waals surface area contributed by atoms with E-state index in [4.69, 9.17) is 9.47 Å². The van der Waals surface area contributed by atoms with E-state index in [0.29, 0.717) is 17.3 Å². The summed E-state index contributed by atoms with van der Waals surface area (Å²) in [6.45, 7) is 4.00. The number of benzene rings is 1. The number of hydrogen-bond acceptors (Lipinski definition) is 8. The first-order valence-corrected chi connectivity index (χ1v) is 13.6. The van der Waals surface area contributed by atoms with Gasteiger partial charge in [-0.1, -0.05) is 26.0 Å². The average Bonchev–Trinajstić information content (AvgIpc) is 2.98. The number of amides is 1. The topological polar surface area (TPSA) is 89.5 Å². The van der Waals surface area contributed by atoms with Gasteiger partial charge in [0, 0.05) is 25.8 Å². The van der Waals surface area contributed by atoms with E-state index in [1.807, 2.05) is 39.1 Å². The molecule has 1 aromatic rings. The van der Waals surface area contributed by atoms with Gasteiger partial charge in [-0.15, -0.1) is 24.6 Å². The first-order valence-electron chi connectivity index (χ1n) is 12.5. The van der Waals surface area contributed by atoms with Gasteiger partial charge in [0.05, 0.1) is 38.9 Å². The number of aliphatic imine (C=N–C) groups is 1. The van der Waals surface area contributed by atoms with Crippen molar-refractivity contribution in [3.63, 3.8) is 0 Å². The molecule has 1 N–H and O–H groups in total. The minimum absolute atomic E-state index is 0.000956. The third kappa shape index (κ3) is 11.8. The van der Waals surface area contributed by atoms with Crippen molar-refractivity contribution in [3.05, 3.63) is 42.0 Å². The highest BCUT2D eigenvalue weighted by molar-refractivity contribution is 8.00. The van der Waals surface area contributed by atoms with E-state index in [0.717, 1.165) is 24.9 Å². The molecule has 0 spiro atoms. The van der Waals surface area contributed by atoms with Crippen molar-refractivity contribution in [2.24, 2.45) is 4.99 Å². The van der Waals surface area contributed by atoms with E-state index in [1.54, 1.807) is 45.2 Å². The molecule has 0 saturated carbocycles. The van der Waals surface area contributed by atoms with Crippen LogP contribution in [0.15, 0.2) is 47.0 Å². The van der Waals surface area contributed by atoms with Gasteiger partial charge >= 0.3 is 5.97 Å². The Hall–Kier alpha value is -3.38. The van der Waals surface area contributed by atoms with Crippen LogP contribution in [0.2, 0.25) is 0 Å². The van der Waals surface area contributed by atoms with E-state index >= 15 is 0 Å². The number of anilines is 1. The average molecular weight is 546 g/mol. The fourth-order valence-corrected chi connectivity index (χ4v) is 4.75. The number of amidine groups is 1. The van der Waals surface area contributed by atoms with Gasteiger partial charge in [-0.05, 0) is 49.5 Å². The number of carbonyl (C=O) groups is 2. The van der Waals surface area contributed by atoms with Crippen LogP contribution in [0.4, 0.5) is 5.69 Å². The summed E-state index contributed by atoms with van der Waals surface area (Å²) < 4.78 is 15.5. The van der Waals surface area contributed by atoms with Crippen LogP contribution >= 0.6 is 11.8 Å². The number of hydrogen-bond donors (Lipinski definition) is 1. The second-order valence-corrected chi connectivity index (χ2v) is 8.75. The lowest BCUT2D eigenvalue weighted by Gasteiger charge is -2.33. The number of carbonyl (C=O) groups excluding carboxylic acids is 2. The van der Waals surface area contributed by atoms with E-state index < -0.39 is 0 Å². The zero-order valence-corrected chi connectivity index (χ0v) is 24.6. The Balaban J connectivity index is 0.00000326. The second-order valence-electron chi connectivity index (χ2n) is 7.68. The molecule has 2 rings (SSSR count). The number of methoxy groups -OCH3 is 3. The predicted octanol–water partition coefficient (Wildman–Crippen LogP) is 5.24. The van der Waals surface area contributed by atoms with E-state index in [-0.39, 0.29) is 29.4 Å². The summed E-state index contributed by atoms with van der Waals surface area (Å²) >= 11 is 1.57. The van der Waals surface area contributed by atoms with Gasteiger partial charge in [0.15, 0.2) is 11.5 Å². The molecule has 38 heavy (non-hydrogen) atoms. The maximum Gasteiger partial charge on any atom is 0.309 e. The largest absolute Gasteiger partial charge is 0.493 e. The molecule has 0 bridgehead atoms. The summed E-state index contributed by atoms with van der Waals surface area (Å²) in [4.78, 5) is 30.2. The third-order valence-electron chi connectivity index (χ3n) is 5.44. The normalized spacial score (nSPS) is 13.5. The lowest BCUT2D eigenvalue weighted by molar-refractivity contribution is -0.139. The Labute approximate surface area is 232 Å². The molecule has 210 valence electrons. The van der Waals surface area contributed by atoms with Crippen molar-refractivity contribution in [2.75, 3.05) is 46.1 Å². The van der Waals surface area contributed by atoms with Crippen LogP contribution in [0.1, 0.15) is 46.0 Å². The molecule has 1 atom stereocenters. The minimum Gasteiger partial charge on any atom is -0.493 e. The predicted molar refractivity (Wildman–Crippen MR) is 159 cm³/mol. The van der Waals surface area contributed by atoms with Crippen LogP contribution in [0.3, 0.4) is 0 Å². The summed E-state index contributed by atoms with van der Waals surface area (Å²) in [6, 6.07) is 5.83.